The number of hydrogen-bond donors (Lipinski definition) is 0. The van der Waals surface area contributed by atoms with Crippen molar-refractivity contribution in [3.05, 3.63) is 11.7 Å². The van der Waals surface area contributed by atoms with Crippen LogP contribution >= 0.6 is 11.3 Å². The van der Waals surface area contributed by atoms with Crippen molar-refractivity contribution in [2.24, 2.45) is 0 Å². The van der Waals surface area contributed by atoms with Crippen molar-refractivity contribution in [2.75, 3.05) is 20.2 Å². The molecule has 1 aromatic rings. The molecule has 6 heteroatoms. The highest BCUT2D eigenvalue weighted by Gasteiger charge is 2.19. The third kappa shape index (κ3) is 5.86. The summed E-state index contributed by atoms with van der Waals surface area (Å²) in [7, 11) is 1.72. The lowest BCUT2D eigenvalue weighted by Crippen LogP contribution is -2.35. The van der Waals surface area contributed by atoms with E-state index in [1.807, 2.05) is 20.8 Å². The molecule has 18 heavy (non-hydrogen) atoms. The molecule has 0 aromatic carbocycles. The largest absolute Gasteiger partial charge is 0.483 e. The van der Waals surface area contributed by atoms with E-state index in [1.54, 1.807) is 23.7 Å². The maximum absolute atomic E-state index is 11.6. The standard InChI is InChI=1S/C12H20N2O3S/c1-12(2,3)17-11(15)14(4)6-5-7-16-10-8-13-9-18-10/h8-9H,5-7H2,1-4H3. The lowest BCUT2D eigenvalue weighted by Gasteiger charge is -2.24. The summed E-state index contributed by atoms with van der Waals surface area (Å²) in [6, 6.07) is 0. The predicted octanol–water partition coefficient (Wildman–Crippen LogP) is 2.78. The first-order valence-corrected chi connectivity index (χ1v) is 6.72. The summed E-state index contributed by atoms with van der Waals surface area (Å²) < 4.78 is 10.7. The molecular weight excluding hydrogens is 252 g/mol. The summed E-state index contributed by atoms with van der Waals surface area (Å²) in [5.74, 6) is 0. The van der Waals surface area contributed by atoms with Crippen LogP contribution in [0.5, 0.6) is 5.06 Å². The minimum Gasteiger partial charge on any atom is -0.483 e. The van der Waals surface area contributed by atoms with E-state index >= 15 is 0 Å². The normalized spacial score (nSPS) is 11.1. The number of hydrogen-bond acceptors (Lipinski definition) is 5. The Bertz CT molecular complexity index is 360. The van der Waals surface area contributed by atoms with E-state index in [4.69, 9.17) is 9.47 Å². The second kappa shape index (κ2) is 6.58. The van der Waals surface area contributed by atoms with Gasteiger partial charge in [0.15, 0.2) is 5.06 Å². The van der Waals surface area contributed by atoms with E-state index in [9.17, 15) is 4.79 Å². The second-order valence-corrected chi connectivity index (χ2v) is 5.77. The average molecular weight is 272 g/mol. The smallest absolute Gasteiger partial charge is 0.410 e. The first-order chi connectivity index (χ1) is 8.38. The predicted molar refractivity (Wildman–Crippen MR) is 71.1 cm³/mol. The monoisotopic (exact) mass is 272 g/mol. The van der Waals surface area contributed by atoms with Gasteiger partial charge < -0.3 is 14.4 Å². The topological polar surface area (TPSA) is 51.7 Å². The van der Waals surface area contributed by atoms with Gasteiger partial charge in [-0.25, -0.2) is 9.78 Å². The summed E-state index contributed by atoms with van der Waals surface area (Å²) in [6.07, 6.45) is 2.14. The average Bonchev–Trinajstić information content (AvgIpc) is 2.74. The molecule has 0 atom stereocenters. The molecule has 0 saturated heterocycles. The number of carbonyl (C=O) groups is 1. The fourth-order valence-corrected chi connectivity index (χ4v) is 1.68. The molecule has 0 radical (unpaired) electrons. The Morgan fingerprint density at radius 1 is 1.50 bits per heavy atom. The molecule has 0 aliphatic rings. The molecule has 0 aliphatic carbocycles. The second-order valence-electron chi connectivity index (χ2n) is 4.92. The van der Waals surface area contributed by atoms with Crippen LogP contribution in [-0.2, 0) is 4.74 Å². The summed E-state index contributed by atoms with van der Waals surface area (Å²) >= 11 is 1.46. The number of ether oxygens (including phenoxy) is 2. The first kappa shape index (κ1) is 14.8. The van der Waals surface area contributed by atoms with Crippen molar-refractivity contribution in [1.82, 2.24) is 9.88 Å². The zero-order valence-electron chi connectivity index (χ0n) is 11.3. The highest BCUT2D eigenvalue weighted by molar-refractivity contribution is 7.11. The number of aromatic nitrogens is 1. The van der Waals surface area contributed by atoms with Gasteiger partial charge in [0.2, 0.25) is 0 Å². The zero-order valence-corrected chi connectivity index (χ0v) is 12.1. The van der Waals surface area contributed by atoms with Gasteiger partial charge in [-0.3, -0.25) is 0 Å². The lowest BCUT2D eigenvalue weighted by atomic mass is 10.2. The van der Waals surface area contributed by atoms with Gasteiger partial charge in [0.05, 0.1) is 18.3 Å². The van der Waals surface area contributed by atoms with Crippen molar-refractivity contribution in [2.45, 2.75) is 32.8 Å². The highest BCUT2D eigenvalue weighted by atomic mass is 32.1. The summed E-state index contributed by atoms with van der Waals surface area (Å²) in [5.41, 5.74) is 1.27. The molecular formula is C12H20N2O3S. The van der Waals surface area contributed by atoms with Gasteiger partial charge in [-0.1, -0.05) is 11.3 Å². The highest BCUT2D eigenvalue weighted by Crippen LogP contribution is 2.15. The summed E-state index contributed by atoms with van der Waals surface area (Å²) in [4.78, 5) is 17.1. The van der Waals surface area contributed by atoms with Crippen molar-refractivity contribution in [1.29, 1.82) is 0 Å². The van der Waals surface area contributed by atoms with Crippen molar-refractivity contribution in [3.63, 3.8) is 0 Å². The van der Waals surface area contributed by atoms with Crippen LogP contribution in [0.3, 0.4) is 0 Å². The Hall–Kier alpha value is -1.30. The molecule has 102 valence electrons. The van der Waals surface area contributed by atoms with Gasteiger partial charge in [0.25, 0.3) is 0 Å². The molecule has 1 aromatic heterocycles. The molecule has 0 bridgehead atoms. The van der Waals surface area contributed by atoms with Gasteiger partial charge in [0, 0.05) is 13.6 Å². The minimum absolute atomic E-state index is 0.305. The molecule has 1 amide bonds. The maximum Gasteiger partial charge on any atom is 0.410 e. The van der Waals surface area contributed by atoms with Gasteiger partial charge >= 0.3 is 6.09 Å². The Labute approximate surface area is 112 Å². The van der Waals surface area contributed by atoms with Crippen molar-refractivity contribution >= 4 is 17.4 Å². The van der Waals surface area contributed by atoms with E-state index < -0.39 is 5.60 Å². The van der Waals surface area contributed by atoms with Crippen molar-refractivity contribution in [3.8, 4) is 5.06 Å². The van der Waals surface area contributed by atoms with E-state index in [0.29, 0.717) is 13.2 Å². The molecule has 0 saturated carbocycles. The van der Waals surface area contributed by atoms with Gasteiger partial charge in [-0.05, 0) is 27.2 Å². The van der Waals surface area contributed by atoms with E-state index in [0.717, 1.165) is 11.5 Å². The molecule has 0 spiro atoms. The third-order valence-corrected chi connectivity index (χ3v) is 2.68. The van der Waals surface area contributed by atoms with Crippen LogP contribution in [-0.4, -0.2) is 41.8 Å². The third-order valence-electron chi connectivity index (χ3n) is 2.00. The van der Waals surface area contributed by atoms with E-state index in [1.165, 1.54) is 11.3 Å². The number of rotatable bonds is 5. The van der Waals surface area contributed by atoms with Crippen LogP contribution < -0.4 is 4.74 Å². The van der Waals surface area contributed by atoms with Crippen molar-refractivity contribution < 1.29 is 14.3 Å². The van der Waals surface area contributed by atoms with E-state index in [2.05, 4.69) is 4.98 Å². The Balaban J connectivity index is 2.16. The van der Waals surface area contributed by atoms with Gasteiger partial charge in [-0.2, -0.15) is 0 Å². The fraction of sp³-hybridized carbons (Fsp3) is 0.667. The first-order valence-electron chi connectivity index (χ1n) is 5.84. The summed E-state index contributed by atoms with van der Waals surface area (Å²) in [6.45, 7) is 6.73. The van der Waals surface area contributed by atoms with E-state index in [-0.39, 0.29) is 6.09 Å². The lowest BCUT2D eigenvalue weighted by molar-refractivity contribution is 0.0292. The zero-order chi connectivity index (χ0) is 13.6. The van der Waals surface area contributed by atoms with Gasteiger partial charge in [-0.15, -0.1) is 0 Å². The number of carbonyl (C=O) groups excluding carboxylic acids is 1. The Morgan fingerprint density at radius 3 is 2.78 bits per heavy atom. The Morgan fingerprint density at radius 2 is 2.22 bits per heavy atom. The number of nitrogens with zero attached hydrogens (tertiary/aromatic N) is 2. The van der Waals surface area contributed by atoms with Crippen LogP contribution in [0.15, 0.2) is 11.7 Å². The minimum atomic E-state index is -0.454. The summed E-state index contributed by atoms with van der Waals surface area (Å²) in [5, 5.41) is 0.801. The molecule has 5 nitrogen and oxygen atoms in total. The Kier molecular flexibility index (Phi) is 5.40. The van der Waals surface area contributed by atoms with Crippen LogP contribution in [0.1, 0.15) is 27.2 Å². The number of thiazole rings is 1. The quantitative estimate of drug-likeness (QED) is 0.773. The van der Waals surface area contributed by atoms with Crippen LogP contribution in [0.4, 0.5) is 4.79 Å². The van der Waals surface area contributed by atoms with Gasteiger partial charge in [0.1, 0.15) is 5.60 Å². The SMILES string of the molecule is CN(CCCOc1cncs1)C(=O)OC(C)(C)C. The molecule has 0 fully saturated rings. The number of amides is 1. The fourth-order valence-electron chi connectivity index (χ4n) is 1.18. The van der Waals surface area contributed by atoms with Crippen LogP contribution in [0.2, 0.25) is 0 Å². The van der Waals surface area contributed by atoms with Crippen LogP contribution in [0, 0.1) is 0 Å². The molecule has 0 unspecified atom stereocenters. The molecule has 0 N–H and O–H groups in total. The molecule has 1 heterocycles. The molecule has 0 aliphatic heterocycles. The maximum atomic E-state index is 11.6. The molecule has 1 rings (SSSR count). The van der Waals surface area contributed by atoms with Crippen LogP contribution in [0.25, 0.3) is 0 Å².